The number of fused-ring (bicyclic) bond motifs is 1. The molecule has 0 bridgehead atoms. The molecule has 5 rings (SSSR count). The van der Waals surface area contributed by atoms with E-state index in [0.717, 1.165) is 59.1 Å². The van der Waals surface area contributed by atoms with E-state index >= 15 is 0 Å². The number of rotatable bonds is 8. The Balaban J connectivity index is 0.00000231. The number of carbonyl (C=O) groups is 1. The Morgan fingerprint density at radius 3 is 2.02 bits per heavy atom. The summed E-state index contributed by atoms with van der Waals surface area (Å²) in [5.74, 6) is -0.166. The van der Waals surface area contributed by atoms with Crippen molar-refractivity contribution in [3.63, 3.8) is 0 Å². The van der Waals surface area contributed by atoms with Crippen molar-refractivity contribution < 1.29 is 4.79 Å². The van der Waals surface area contributed by atoms with Crippen LogP contribution in [0.1, 0.15) is 37.0 Å². The van der Waals surface area contributed by atoms with Crippen molar-refractivity contribution in [2.45, 2.75) is 39.8 Å². The summed E-state index contributed by atoms with van der Waals surface area (Å²) in [6.07, 6.45) is 8.34. The number of aryl methyl sites for hydroxylation is 2. The number of aromatic nitrogens is 2. The van der Waals surface area contributed by atoms with Gasteiger partial charge in [-0.3, -0.25) is 4.79 Å². The zero-order chi connectivity index (χ0) is 27.0. The largest absolute Gasteiger partial charge is 0.354 e. The number of nitrogens with one attached hydrogen (secondary N) is 1. The summed E-state index contributed by atoms with van der Waals surface area (Å²) in [7, 11) is 0. The maximum absolute atomic E-state index is 12.8. The van der Waals surface area contributed by atoms with Gasteiger partial charge in [0, 0.05) is 48.3 Å². The van der Waals surface area contributed by atoms with E-state index in [1.54, 1.807) is 12.1 Å². The third kappa shape index (κ3) is 8.15. The highest BCUT2D eigenvalue weighted by Gasteiger charge is 2.07. The molecule has 2 heterocycles. The van der Waals surface area contributed by atoms with E-state index in [1.165, 1.54) is 5.52 Å². The van der Waals surface area contributed by atoms with Gasteiger partial charge in [-0.15, -0.1) is 34.0 Å². The minimum atomic E-state index is -0.166. The Bertz CT molecular complexity index is 1700. The average Bonchev–Trinajstić information content (AvgIpc) is 2.97. The summed E-state index contributed by atoms with van der Waals surface area (Å²) in [5.41, 5.74) is 4.10. The van der Waals surface area contributed by atoms with E-state index < -0.39 is 0 Å². The van der Waals surface area contributed by atoms with Crippen molar-refractivity contribution in [3.05, 3.63) is 126 Å². The van der Waals surface area contributed by atoms with Crippen LogP contribution < -0.4 is 16.0 Å². The van der Waals surface area contributed by atoms with Crippen molar-refractivity contribution in [3.8, 4) is 0 Å². The second-order valence-electron chi connectivity index (χ2n) is 9.48. The summed E-state index contributed by atoms with van der Waals surface area (Å²) in [4.78, 5) is 22.4. The normalized spacial score (nSPS) is 10.9. The zero-order valence-corrected chi connectivity index (χ0v) is 26.7. The molecular formula is C33H35Br2N5O. The van der Waals surface area contributed by atoms with E-state index in [4.69, 9.17) is 4.99 Å². The van der Waals surface area contributed by atoms with Crippen LogP contribution in [0.25, 0.3) is 10.9 Å². The Labute approximate surface area is 261 Å². The van der Waals surface area contributed by atoms with Crippen LogP contribution >= 0.6 is 34.0 Å². The van der Waals surface area contributed by atoms with Crippen LogP contribution in [0.4, 0.5) is 17.1 Å². The molecule has 0 aliphatic heterocycles. The molecule has 0 saturated carbocycles. The summed E-state index contributed by atoms with van der Waals surface area (Å²) in [6, 6.07) is 29.3. The number of anilines is 1. The molecule has 1 amide bonds. The molecule has 5 aromatic rings. The van der Waals surface area contributed by atoms with Gasteiger partial charge in [0.05, 0.1) is 27.6 Å². The van der Waals surface area contributed by atoms with E-state index in [1.807, 2.05) is 67.0 Å². The van der Waals surface area contributed by atoms with Crippen molar-refractivity contribution in [2.24, 2.45) is 9.98 Å². The average molecular weight is 677 g/mol. The number of benzene rings is 3. The van der Waals surface area contributed by atoms with Crippen molar-refractivity contribution in [1.82, 2.24) is 9.13 Å². The third-order valence-electron chi connectivity index (χ3n) is 6.48. The van der Waals surface area contributed by atoms with E-state index in [9.17, 15) is 4.79 Å². The second kappa shape index (κ2) is 15.3. The topological polar surface area (TPSA) is 63.7 Å². The Morgan fingerprint density at radius 2 is 1.34 bits per heavy atom. The van der Waals surface area contributed by atoms with Gasteiger partial charge in [-0.25, -0.2) is 9.98 Å². The van der Waals surface area contributed by atoms with Crippen LogP contribution in [0.5, 0.6) is 0 Å². The molecule has 0 aliphatic rings. The van der Waals surface area contributed by atoms with E-state index in [2.05, 4.69) is 63.8 Å². The third-order valence-corrected chi connectivity index (χ3v) is 6.48. The summed E-state index contributed by atoms with van der Waals surface area (Å²) in [6.45, 7) is 6.30. The molecule has 2 aromatic heterocycles. The molecule has 3 aromatic carbocycles. The number of nitrogens with zero attached hydrogens (tertiary/aromatic N) is 4. The summed E-state index contributed by atoms with van der Waals surface area (Å²) < 4.78 is 4.40. The zero-order valence-electron chi connectivity index (χ0n) is 23.2. The molecule has 0 saturated heterocycles. The lowest BCUT2D eigenvalue weighted by Crippen LogP contribution is -2.11. The second-order valence-corrected chi connectivity index (χ2v) is 9.48. The number of pyridine rings is 2. The molecule has 0 fully saturated rings. The van der Waals surface area contributed by atoms with Gasteiger partial charge in [0.25, 0.3) is 5.91 Å². The Kier molecular flexibility index (Phi) is 11.9. The van der Waals surface area contributed by atoms with Gasteiger partial charge >= 0.3 is 0 Å². The highest BCUT2D eigenvalue weighted by Crippen LogP contribution is 2.18. The SMILES string of the molecule is Br.Br.CCCn1ccc(=Nc2ccc(NC(=O)c3ccc(N=c4ccn(CCC)c5ccccc45)cc3)cc2)cc1. The maximum Gasteiger partial charge on any atom is 0.255 e. The standard InChI is InChI=1S/C33H33N5O.2BrH/c1-3-20-37-22-17-29(18-23-37)34-26-13-15-28(16-14-26)36-33(39)25-9-11-27(12-10-25)35-31-19-24-38(21-4-2)32-8-6-5-7-30(31)32;;/h5-19,22-24H,3-4,20-21H2,1-2H3,(H,36,39);2*1H. The predicted octanol–water partition coefficient (Wildman–Crippen LogP) is 8.14. The number of hydrogen-bond acceptors (Lipinski definition) is 3. The lowest BCUT2D eigenvalue weighted by molar-refractivity contribution is 0.102. The van der Waals surface area contributed by atoms with Crippen LogP contribution in [0.3, 0.4) is 0 Å². The molecule has 0 spiro atoms. The van der Waals surface area contributed by atoms with Crippen molar-refractivity contribution >= 4 is 67.8 Å². The fourth-order valence-corrected chi connectivity index (χ4v) is 4.53. The van der Waals surface area contributed by atoms with Gasteiger partial charge in [-0.2, -0.15) is 0 Å². The molecule has 6 nitrogen and oxygen atoms in total. The first-order valence-corrected chi connectivity index (χ1v) is 13.5. The number of amides is 1. The van der Waals surface area contributed by atoms with Crippen LogP contribution in [0.2, 0.25) is 0 Å². The minimum Gasteiger partial charge on any atom is -0.354 e. The van der Waals surface area contributed by atoms with Crippen molar-refractivity contribution in [2.75, 3.05) is 5.32 Å². The quantitative estimate of drug-likeness (QED) is 0.177. The van der Waals surface area contributed by atoms with Crippen LogP contribution in [-0.4, -0.2) is 15.0 Å². The number of hydrogen-bond donors (Lipinski definition) is 1. The Hall–Kier alpha value is -3.75. The van der Waals surface area contributed by atoms with Crippen LogP contribution in [0, 0.1) is 0 Å². The first-order valence-electron chi connectivity index (χ1n) is 13.5. The van der Waals surface area contributed by atoms with Gasteiger partial charge < -0.3 is 14.5 Å². The first kappa shape index (κ1) is 31.8. The number of carbonyl (C=O) groups excluding carboxylic acids is 1. The lowest BCUT2D eigenvalue weighted by Gasteiger charge is -2.10. The molecule has 0 radical (unpaired) electrons. The molecule has 0 aliphatic carbocycles. The van der Waals surface area contributed by atoms with Gasteiger partial charge in [0.1, 0.15) is 0 Å². The summed E-state index contributed by atoms with van der Waals surface area (Å²) >= 11 is 0. The van der Waals surface area contributed by atoms with Crippen LogP contribution in [-0.2, 0) is 13.1 Å². The molecule has 0 unspecified atom stereocenters. The molecule has 0 atom stereocenters. The minimum absolute atomic E-state index is 0. The number of halogens is 2. The van der Waals surface area contributed by atoms with Crippen LogP contribution in [0.15, 0.2) is 120 Å². The first-order chi connectivity index (χ1) is 19.1. The van der Waals surface area contributed by atoms with Crippen molar-refractivity contribution in [1.29, 1.82) is 0 Å². The monoisotopic (exact) mass is 675 g/mol. The Morgan fingerprint density at radius 1 is 0.707 bits per heavy atom. The molecule has 212 valence electrons. The van der Waals surface area contributed by atoms with Gasteiger partial charge in [0.2, 0.25) is 0 Å². The molecule has 41 heavy (non-hydrogen) atoms. The number of para-hydroxylation sites is 1. The van der Waals surface area contributed by atoms with Gasteiger partial charge in [-0.1, -0.05) is 32.0 Å². The van der Waals surface area contributed by atoms with Gasteiger partial charge in [-0.05, 0) is 85.6 Å². The molecular weight excluding hydrogens is 642 g/mol. The van der Waals surface area contributed by atoms with E-state index in [0.29, 0.717) is 5.56 Å². The molecule has 8 heteroatoms. The highest BCUT2D eigenvalue weighted by molar-refractivity contribution is 8.93. The fourth-order valence-electron chi connectivity index (χ4n) is 4.53. The smallest absolute Gasteiger partial charge is 0.255 e. The van der Waals surface area contributed by atoms with E-state index in [-0.39, 0.29) is 39.9 Å². The summed E-state index contributed by atoms with van der Waals surface area (Å²) in [5, 5.41) is 5.88. The molecule has 1 N–H and O–H groups in total. The predicted molar refractivity (Wildman–Crippen MR) is 179 cm³/mol. The lowest BCUT2D eigenvalue weighted by atomic mass is 10.1. The highest BCUT2D eigenvalue weighted by atomic mass is 79.9. The fraction of sp³-hybridized carbons (Fsp3) is 0.182. The van der Waals surface area contributed by atoms with Gasteiger partial charge in [0.15, 0.2) is 0 Å². The maximum atomic E-state index is 12.8.